The number of likely N-dealkylation sites (N-methyl/N-ethyl adjacent to an activating group) is 1. The van der Waals surface area contributed by atoms with E-state index in [-0.39, 0.29) is 32.0 Å². The maximum atomic E-state index is 12.9. The van der Waals surface area contributed by atoms with Crippen LogP contribution in [0.5, 0.6) is 0 Å². The first kappa shape index (κ1) is 90.4. The Morgan fingerprint density at radius 3 is 0.947 bits per heavy atom. The van der Waals surface area contributed by atoms with Crippen molar-refractivity contribution in [3.05, 3.63) is 122 Å². The van der Waals surface area contributed by atoms with Gasteiger partial charge in [0.15, 0.2) is 6.10 Å². The van der Waals surface area contributed by atoms with E-state index in [4.69, 9.17) is 18.5 Å². The summed E-state index contributed by atoms with van der Waals surface area (Å²) in [6, 6.07) is 0. The minimum absolute atomic E-state index is 0.0159. The quantitative estimate of drug-likeness (QED) is 0.0211. The molecule has 0 radical (unpaired) electrons. The minimum atomic E-state index is -4.42. The highest BCUT2D eigenvalue weighted by molar-refractivity contribution is 7.47. The number of phosphoric ester groups is 1. The summed E-state index contributed by atoms with van der Waals surface area (Å²) in [5, 5.41) is 0. The van der Waals surface area contributed by atoms with Crippen molar-refractivity contribution in [2.75, 3.05) is 47.5 Å². The monoisotopic (exact) mass is 1330 g/mol. The Hall–Kier alpha value is -3.59. The summed E-state index contributed by atoms with van der Waals surface area (Å²) in [6.07, 6.45) is 107. The fourth-order valence-corrected chi connectivity index (χ4v) is 11.8. The van der Waals surface area contributed by atoms with Crippen LogP contribution in [0.1, 0.15) is 348 Å². The summed E-state index contributed by atoms with van der Waals surface area (Å²) in [4.78, 5) is 35.9. The molecule has 0 amide bonds. The highest BCUT2D eigenvalue weighted by Crippen LogP contribution is 2.43. The number of carbonyl (C=O) groups excluding carboxylic acids is 2. The lowest BCUT2D eigenvalue weighted by molar-refractivity contribution is -0.870. The summed E-state index contributed by atoms with van der Waals surface area (Å²) in [6.45, 7) is 4.28. The molecule has 0 rings (SSSR count). The molecule has 0 aromatic heterocycles. The van der Waals surface area contributed by atoms with Gasteiger partial charge in [-0.1, -0.05) is 354 Å². The van der Waals surface area contributed by atoms with Gasteiger partial charge in [0.2, 0.25) is 0 Å². The molecule has 0 aliphatic heterocycles. The van der Waals surface area contributed by atoms with E-state index in [0.717, 1.165) is 77.0 Å². The maximum Gasteiger partial charge on any atom is 0.472 e. The average Bonchev–Trinajstić information content (AvgIpc) is 1.65. The third-order valence-corrected chi connectivity index (χ3v) is 18.0. The topological polar surface area (TPSA) is 108 Å². The van der Waals surface area contributed by atoms with E-state index < -0.39 is 26.5 Å². The van der Waals surface area contributed by atoms with E-state index >= 15 is 0 Å². The van der Waals surface area contributed by atoms with Crippen LogP contribution < -0.4 is 0 Å². The zero-order chi connectivity index (χ0) is 68.3. The summed E-state index contributed by atoms with van der Waals surface area (Å²) < 4.78 is 34.7. The second kappa shape index (κ2) is 73.7. The van der Waals surface area contributed by atoms with Gasteiger partial charge < -0.3 is 18.9 Å². The third-order valence-electron chi connectivity index (χ3n) is 17.0. The second-order valence-electron chi connectivity index (χ2n) is 27.4. The van der Waals surface area contributed by atoms with Gasteiger partial charge in [-0.3, -0.25) is 18.6 Å². The second-order valence-corrected chi connectivity index (χ2v) is 28.8. The van der Waals surface area contributed by atoms with Gasteiger partial charge in [0.1, 0.15) is 19.8 Å². The average molecular weight is 1330 g/mol. The minimum Gasteiger partial charge on any atom is -0.462 e. The number of hydrogen-bond donors (Lipinski definition) is 1. The van der Waals surface area contributed by atoms with Gasteiger partial charge in [-0.2, -0.15) is 0 Å². The van der Waals surface area contributed by atoms with E-state index in [9.17, 15) is 19.0 Å². The van der Waals surface area contributed by atoms with Crippen molar-refractivity contribution in [3.63, 3.8) is 0 Å². The molecule has 0 saturated heterocycles. The number of nitrogens with zero attached hydrogens (tertiary/aromatic N) is 1. The van der Waals surface area contributed by atoms with Gasteiger partial charge in [0.25, 0.3) is 0 Å². The van der Waals surface area contributed by atoms with Crippen LogP contribution in [0.2, 0.25) is 0 Å². The van der Waals surface area contributed by atoms with Crippen LogP contribution in [0.3, 0.4) is 0 Å². The first-order valence-electron chi connectivity index (χ1n) is 39.3. The lowest BCUT2D eigenvalue weighted by Crippen LogP contribution is -2.37. The molecular weight excluding hydrogens is 1180 g/mol. The van der Waals surface area contributed by atoms with Crippen molar-refractivity contribution in [2.24, 2.45) is 0 Å². The predicted molar refractivity (Wildman–Crippen MR) is 408 cm³/mol. The zero-order valence-corrected chi connectivity index (χ0v) is 62.8. The highest BCUT2D eigenvalue weighted by atomic mass is 31.2. The Bertz CT molecular complexity index is 2010. The van der Waals surface area contributed by atoms with E-state index in [0.29, 0.717) is 23.9 Å². The zero-order valence-electron chi connectivity index (χ0n) is 61.9. The fraction of sp³-hybridized carbons (Fsp3) is 0.738. The lowest BCUT2D eigenvalue weighted by atomic mass is 10.0. The number of esters is 2. The van der Waals surface area contributed by atoms with Crippen LogP contribution in [0.25, 0.3) is 0 Å². The Labute approximate surface area is 581 Å². The predicted octanol–water partition coefficient (Wildman–Crippen LogP) is 26.2. The number of phosphoric acid groups is 1. The Morgan fingerprint density at radius 1 is 0.340 bits per heavy atom. The van der Waals surface area contributed by atoms with Gasteiger partial charge in [-0.05, 0) is 103 Å². The molecule has 9 nitrogen and oxygen atoms in total. The van der Waals surface area contributed by atoms with E-state index in [1.54, 1.807) is 0 Å². The molecule has 0 aromatic carbocycles. The van der Waals surface area contributed by atoms with Crippen molar-refractivity contribution >= 4 is 19.8 Å². The molecule has 0 spiro atoms. The number of ether oxygens (including phenoxy) is 2. The van der Waals surface area contributed by atoms with Gasteiger partial charge in [0, 0.05) is 12.8 Å². The molecule has 0 aliphatic carbocycles. The Balaban J connectivity index is 4.00. The number of allylic oxidation sites excluding steroid dienone is 20. The molecule has 2 atom stereocenters. The van der Waals surface area contributed by atoms with E-state index in [1.807, 2.05) is 21.1 Å². The van der Waals surface area contributed by atoms with Crippen LogP contribution in [0, 0.1) is 0 Å². The summed E-state index contributed by atoms with van der Waals surface area (Å²) >= 11 is 0. The van der Waals surface area contributed by atoms with Gasteiger partial charge in [-0.25, -0.2) is 4.57 Å². The number of unbranched alkanes of at least 4 members (excludes halogenated alkanes) is 38. The van der Waals surface area contributed by atoms with Crippen LogP contribution in [0.15, 0.2) is 122 Å². The lowest BCUT2D eigenvalue weighted by Gasteiger charge is -2.24. The molecule has 542 valence electrons. The van der Waals surface area contributed by atoms with Gasteiger partial charge in [-0.15, -0.1) is 0 Å². The van der Waals surface area contributed by atoms with Gasteiger partial charge >= 0.3 is 19.8 Å². The number of hydrogen-bond acceptors (Lipinski definition) is 7. The van der Waals surface area contributed by atoms with Crippen molar-refractivity contribution in [1.29, 1.82) is 0 Å². The van der Waals surface area contributed by atoms with E-state index in [2.05, 4.69) is 135 Å². The van der Waals surface area contributed by atoms with Crippen molar-refractivity contribution in [3.8, 4) is 0 Å². The third kappa shape index (κ3) is 77.4. The number of quaternary nitrogens is 1. The smallest absolute Gasteiger partial charge is 0.462 e. The SMILES string of the molecule is CC/C=C\C/C=C\C/C=C\C/C=C\C/C=C\C/C=C\C/C=C\C/C=C\C/C=C\CCCC(=O)OC(COC(=O)CCCCCCCCCCCCCCCCCCCCCCCCCCCCCCC/C=C\CCCCCCCCCC)COP(=O)(O)OCC[N+](C)(C)C. The molecule has 1 N–H and O–H groups in total. The highest BCUT2D eigenvalue weighted by Gasteiger charge is 2.27. The maximum absolute atomic E-state index is 12.9. The molecule has 94 heavy (non-hydrogen) atoms. The largest absolute Gasteiger partial charge is 0.472 e. The first-order valence-corrected chi connectivity index (χ1v) is 40.8. The van der Waals surface area contributed by atoms with Crippen molar-refractivity contribution in [1.82, 2.24) is 0 Å². The molecule has 0 fully saturated rings. The number of carbonyl (C=O) groups is 2. The Morgan fingerprint density at radius 2 is 0.617 bits per heavy atom. The molecule has 0 saturated carbocycles. The molecule has 0 aliphatic rings. The number of rotatable bonds is 72. The van der Waals surface area contributed by atoms with E-state index in [1.165, 1.54) is 231 Å². The van der Waals surface area contributed by atoms with Crippen molar-refractivity contribution in [2.45, 2.75) is 354 Å². The molecule has 0 bridgehead atoms. The van der Waals surface area contributed by atoms with Crippen LogP contribution in [0.4, 0.5) is 0 Å². The van der Waals surface area contributed by atoms with Crippen LogP contribution in [-0.4, -0.2) is 74.9 Å². The van der Waals surface area contributed by atoms with Crippen LogP contribution >= 0.6 is 7.82 Å². The molecule has 0 aromatic rings. The Kier molecular flexibility index (Phi) is 70.8. The fourth-order valence-electron chi connectivity index (χ4n) is 11.0. The summed E-state index contributed by atoms with van der Waals surface area (Å²) in [5.74, 6) is -0.863. The first-order chi connectivity index (χ1) is 46.0. The summed E-state index contributed by atoms with van der Waals surface area (Å²) in [7, 11) is 1.44. The van der Waals surface area contributed by atoms with Gasteiger partial charge in [0.05, 0.1) is 27.7 Å². The van der Waals surface area contributed by atoms with Crippen LogP contribution in [-0.2, 0) is 32.7 Å². The molecule has 10 heteroatoms. The molecule has 2 unspecified atom stereocenters. The molecular formula is C84H149NO8P+. The van der Waals surface area contributed by atoms with Crippen molar-refractivity contribution < 1.29 is 42.1 Å². The molecule has 0 heterocycles. The summed E-state index contributed by atoms with van der Waals surface area (Å²) in [5.41, 5.74) is 0. The standard InChI is InChI=1S/C84H148NO8P/c1-6-8-10-12-14-16-18-20-22-24-26-28-30-32-34-36-37-38-39-40-41-42-43-44-45-46-47-49-50-52-54-56-58-60-62-64-66-68-70-72-74-76-83(86)90-80-82(81-92-94(88,89)91-79-78-85(3,4)5)93-84(87)77-75-73-71-69-67-65-63-61-59-57-55-53-51-48-35-33-31-29-27-25-23-21-19-17-15-13-11-9-7-2/h9,11,15,17,21,23-24,26-27,29,33,35,51,53,57,59,63,65,69,71,82H,6-8,10,12-14,16,18-20,22,25,28,30-32,34,36-50,52,54-56,58,60-62,64,66-68,70,72-81H2,1-5H3/p+1/b11-9-,17-15-,23-21-,26-24-,29-27-,35-33-,53-51-,59-57-,65-63-,71-69-. The normalized spacial score (nSPS) is 13.7.